The van der Waals surface area contributed by atoms with Crippen LogP contribution >= 0.6 is 23.5 Å². The Morgan fingerprint density at radius 2 is 1.68 bits per heavy atom. The smallest absolute Gasteiger partial charge is 0.460 e. The van der Waals surface area contributed by atoms with Crippen molar-refractivity contribution >= 4 is 47.0 Å². The molecule has 0 radical (unpaired) electrons. The van der Waals surface area contributed by atoms with E-state index >= 15 is 0 Å². The van der Waals surface area contributed by atoms with Crippen molar-refractivity contribution in [1.29, 1.82) is 0 Å². The third-order valence-electron chi connectivity index (χ3n) is 4.43. The molecule has 1 aromatic heterocycles. The Labute approximate surface area is 194 Å². The lowest BCUT2D eigenvalue weighted by atomic mass is 10.3. The van der Waals surface area contributed by atoms with E-state index in [4.69, 9.17) is 0 Å². The lowest BCUT2D eigenvalue weighted by Crippen LogP contribution is -2.50. The third kappa shape index (κ3) is 4.71. The molecule has 0 bridgehead atoms. The summed E-state index contributed by atoms with van der Waals surface area (Å²) in [5, 5.41) is 2.21. The number of carbonyl (C=O) groups is 3. The van der Waals surface area contributed by atoms with Gasteiger partial charge in [-0.2, -0.15) is 30.7 Å². The quantitative estimate of drug-likeness (QED) is 0.305. The molecular formula is C19H11F7N2O4S2. The van der Waals surface area contributed by atoms with Crippen molar-refractivity contribution in [2.24, 2.45) is 0 Å². The Morgan fingerprint density at radius 1 is 1.03 bits per heavy atom. The lowest BCUT2D eigenvalue weighted by molar-refractivity contribution is -0.330. The molecule has 1 atom stereocenters. The van der Waals surface area contributed by atoms with Gasteiger partial charge < -0.3 is 5.11 Å². The maximum atomic E-state index is 14.0. The molecule has 1 unspecified atom stereocenters. The topological polar surface area (TPSA) is 87.6 Å². The summed E-state index contributed by atoms with van der Waals surface area (Å²) in [6.07, 6.45) is -5.83. The summed E-state index contributed by atoms with van der Waals surface area (Å²) < 4.78 is 92.1. The number of carboxylic acids is 1. The van der Waals surface area contributed by atoms with Crippen molar-refractivity contribution in [3.05, 3.63) is 48.2 Å². The third-order valence-corrected chi connectivity index (χ3v) is 6.71. The van der Waals surface area contributed by atoms with E-state index in [1.165, 1.54) is 24.4 Å². The number of pyridine rings is 1. The first-order valence-corrected chi connectivity index (χ1v) is 10.7. The molecule has 2 amide bonds. The van der Waals surface area contributed by atoms with Gasteiger partial charge in [-0.3, -0.25) is 9.59 Å². The number of aromatic carboxylic acids is 1. The standard InChI is InChI=1S/C19H11F7N2O4S2/c20-17(21,18(22,23)24)19(25,26)34-11-6-2-1-5-10(11)28-13(29)8-12(15(28)30)33-14-9(16(31)32)4-3-7-27-14/h1-7,12H,8H2,(H,31,32). The number of anilines is 1. The first-order chi connectivity index (χ1) is 15.7. The van der Waals surface area contributed by atoms with Crippen LogP contribution in [0.15, 0.2) is 52.5 Å². The summed E-state index contributed by atoms with van der Waals surface area (Å²) in [4.78, 5) is 40.1. The number of alkyl halides is 7. The van der Waals surface area contributed by atoms with Crippen LogP contribution in [-0.4, -0.2) is 50.5 Å². The predicted molar refractivity (Wildman–Crippen MR) is 106 cm³/mol. The maximum absolute atomic E-state index is 14.0. The zero-order valence-corrected chi connectivity index (χ0v) is 18.0. The molecule has 15 heteroatoms. The van der Waals surface area contributed by atoms with Crippen LogP contribution in [-0.2, 0) is 9.59 Å². The van der Waals surface area contributed by atoms with Gasteiger partial charge in [0.1, 0.15) is 5.03 Å². The molecule has 6 nitrogen and oxygen atoms in total. The maximum Gasteiger partial charge on any atom is 0.460 e. The first kappa shape index (κ1) is 25.8. The normalized spacial score (nSPS) is 17.4. The highest BCUT2D eigenvalue weighted by Crippen LogP contribution is 2.55. The molecule has 3 rings (SSSR count). The average molecular weight is 528 g/mol. The number of aromatic nitrogens is 1. The minimum Gasteiger partial charge on any atom is -0.478 e. The number of benzene rings is 1. The number of thioether (sulfide) groups is 2. The van der Waals surface area contributed by atoms with Gasteiger partial charge in [-0.1, -0.05) is 23.9 Å². The number of hydrogen-bond donors (Lipinski definition) is 1. The summed E-state index contributed by atoms with van der Waals surface area (Å²) >= 11 is -0.522. The van der Waals surface area contributed by atoms with E-state index in [9.17, 15) is 50.2 Å². The van der Waals surface area contributed by atoms with Crippen LogP contribution in [0.3, 0.4) is 0 Å². The number of nitrogens with zero attached hydrogens (tertiary/aromatic N) is 2. The number of amides is 2. The molecule has 34 heavy (non-hydrogen) atoms. The SMILES string of the molecule is O=C(O)c1cccnc1SC1CC(=O)N(c2ccccc2SC(F)(F)C(F)(F)C(F)(F)F)C1=O. The molecule has 1 fully saturated rings. The zero-order valence-electron chi connectivity index (χ0n) is 16.4. The molecule has 0 saturated carbocycles. The van der Waals surface area contributed by atoms with E-state index < -0.39 is 69.2 Å². The van der Waals surface area contributed by atoms with E-state index in [-0.39, 0.29) is 10.6 Å². The largest absolute Gasteiger partial charge is 0.478 e. The number of hydrogen-bond acceptors (Lipinski definition) is 6. The Bertz CT molecular complexity index is 1140. The van der Waals surface area contributed by atoms with Crippen molar-refractivity contribution in [3.63, 3.8) is 0 Å². The van der Waals surface area contributed by atoms with Gasteiger partial charge in [0.2, 0.25) is 11.8 Å². The Balaban J connectivity index is 1.92. The van der Waals surface area contributed by atoms with Gasteiger partial charge in [-0.25, -0.2) is 14.7 Å². The molecule has 1 aromatic carbocycles. The van der Waals surface area contributed by atoms with Crippen molar-refractivity contribution in [3.8, 4) is 0 Å². The highest BCUT2D eigenvalue weighted by molar-refractivity contribution is 8.01. The summed E-state index contributed by atoms with van der Waals surface area (Å²) in [6.45, 7) is 0. The fraction of sp³-hybridized carbons (Fsp3) is 0.263. The second kappa shape index (κ2) is 9.09. The van der Waals surface area contributed by atoms with Crippen LogP contribution in [0.2, 0.25) is 0 Å². The van der Waals surface area contributed by atoms with E-state index in [1.807, 2.05) is 0 Å². The molecular weight excluding hydrogens is 517 g/mol. The average Bonchev–Trinajstić information content (AvgIpc) is 3.00. The van der Waals surface area contributed by atoms with Crippen LogP contribution in [0.1, 0.15) is 16.8 Å². The molecule has 0 spiro atoms. The lowest BCUT2D eigenvalue weighted by Gasteiger charge is -2.28. The van der Waals surface area contributed by atoms with Gasteiger partial charge in [0.15, 0.2) is 0 Å². The van der Waals surface area contributed by atoms with E-state index in [0.29, 0.717) is 16.7 Å². The van der Waals surface area contributed by atoms with Crippen LogP contribution in [0.5, 0.6) is 0 Å². The second-order valence-corrected chi connectivity index (χ2v) is 9.05. The van der Waals surface area contributed by atoms with Gasteiger partial charge in [0.25, 0.3) is 0 Å². The number of para-hydroxylation sites is 1. The van der Waals surface area contributed by atoms with Crippen molar-refractivity contribution < 1.29 is 50.2 Å². The molecule has 182 valence electrons. The summed E-state index contributed by atoms with van der Waals surface area (Å²) in [7, 11) is 0. The number of halogens is 7. The van der Waals surface area contributed by atoms with Crippen LogP contribution in [0, 0.1) is 0 Å². The zero-order chi connectivity index (χ0) is 25.5. The molecule has 0 aliphatic carbocycles. The number of imide groups is 1. The minimum absolute atomic E-state index is 0.109. The Kier molecular flexibility index (Phi) is 6.90. The fourth-order valence-corrected chi connectivity index (χ4v) is 4.86. The molecule has 1 aliphatic heterocycles. The second-order valence-electron chi connectivity index (χ2n) is 6.70. The first-order valence-electron chi connectivity index (χ1n) is 8.99. The van der Waals surface area contributed by atoms with Gasteiger partial charge in [-0.15, -0.1) is 0 Å². The molecule has 1 saturated heterocycles. The number of rotatable bonds is 7. The number of carbonyl (C=O) groups excluding carboxylic acids is 2. The van der Waals surface area contributed by atoms with Crippen LogP contribution in [0.25, 0.3) is 0 Å². The van der Waals surface area contributed by atoms with Gasteiger partial charge >= 0.3 is 23.3 Å². The highest BCUT2D eigenvalue weighted by atomic mass is 32.2. The Morgan fingerprint density at radius 3 is 2.29 bits per heavy atom. The van der Waals surface area contributed by atoms with Gasteiger partial charge in [0.05, 0.1) is 16.5 Å². The van der Waals surface area contributed by atoms with Crippen molar-refractivity contribution in [2.75, 3.05) is 4.90 Å². The molecule has 2 aromatic rings. The van der Waals surface area contributed by atoms with E-state index in [1.54, 1.807) is 0 Å². The molecule has 2 heterocycles. The monoisotopic (exact) mass is 528 g/mol. The molecule has 1 aliphatic rings. The summed E-state index contributed by atoms with van der Waals surface area (Å²) in [5.41, 5.74) is -0.876. The van der Waals surface area contributed by atoms with Gasteiger partial charge in [-0.05, 0) is 36.0 Å². The van der Waals surface area contributed by atoms with E-state index in [2.05, 4.69) is 4.98 Å². The predicted octanol–water partition coefficient (Wildman–Crippen LogP) is 5.09. The summed E-state index contributed by atoms with van der Waals surface area (Å²) in [5.74, 6) is -9.72. The van der Waals surface area contributed by atoms with Crippen LogP contribution < -0.4 is 4.90 Å². The minimum atomic E-state index is -6.55. The molecule has 1 N–H and O–H groups in total. The Hall–Kier alpha value is -2.81. The fourth-order valence-electron chi connectivity index (χ4n) is 2.83. The summed E-state index contributed by atoms with van der Waals surface area (Å²) in [6, 6.07) is 6.45. The van der Waals surface area contributed by atoms with Crippen LogP contribution in [0.4, 0.5) is 36.4 Å². The highest BCUT2D eigenvalue weighted by Gasteiger charge is 2.73. The number of carboxylic acid groups (broad SMARTS) is 1. The van der Waals surface area contributed by atoms with E-state index in [0.717, 1.165) is 18.2 Å². The van der Waals surface area contributed by atoms with Crippen molar-refractivity contribution in [2.45, 2.75) is 38.9 Å². The van der Waals surface area contributed by atoms with Gasteiger partial charge in [0, 0.05) is 17.5 Å². The van der Waals surface area contributed by atoms with Crippen molar-refractivity contribution in [1.82, 2.24) is 4.98 Å².